The quantitative estimate of drug-likeness (QED) is 0.653. The lowest BCUT2D eigenvalue weighted by molar-refractivity contribution is -0.385. The van der Waals surface area contributed by atoms with E-state index in [-0.39, 0.29) is 5.69 Å². The van der Waals surface area contributed by atoms with Crippen molar-refractivity contribution in [2.75, 3.05) is 5.32 Å². The Kier molecular flexibility index (Phi) is 3.44. The van der Waals surface area contributed by atoms with Crippen LogP contribution < -0.4 is 5.32 Å². The number of nitrogens with zero attached hydrogens (tertiary/aromatic N) is 1. The van der Waals surface area contributed by atoms with Gasteiger partial charge in [0.05, 0.1) is 16.8 Å². The second kappa shape index (κ2) is 4.83. The molecule has 0 spiro atoms. The first kappa shape index (κ1) is 15.0. The van der Waals surface area contributed by atoms with Crippen LogP contribution in [0.25, 0.3) is 0 Å². The van der Waals surface area contributed by atoms with Crippen molar-refractivity contribution >= 4 is 23.3 Å². The van der Waals surface area contributed by atoms with Gasteiger partial charge in [-0.05, 0) is 18.4 Å². The molecule has 2 N–H and O–H groups in total. The summed E-state index contributed by atoms with van der Waals surface area (Å²) in [5.74, 6) is -2.78. The van der Waals surface area contributed by atoms with Gasteiger partial charge in [0.25, 0.3) is 5.69 Å². The Balaban J connectivity index is 2.17. The number of nitro benzene ring substituents is 1. The van der Waals surface area contributed by atoms with E-state index in [1.54, 1.807) is 32.9 Å². The highest BCUT2D eigenvalue weighted by atomic mass is 16.6. The number of amides is 1. The third-order valence-electron chi connectivity index (χ3n) is 4.05. The van der Waals surface area contributed by atoms with Crippen LogP contribution >= 0.6 is 0 Å². The minimum Gasteiger partial charge on any atom is -0.481 e. The highest BCUT2D eigenvalue weighted by Gasteiger charge is 2.65. The molecule has 1 aromatic carbocycles. The number of rotatable bonds is 4. The second-order valence-corrected chi connectivity index (χ2v) is 5.86. The summed E-state index contributed by atoms with van der Waals surface area (Å²) < 4.78 is 0. The zero-order valence-corrected chi connectivity index (χ0v) is 11.9. The number of anilines is 1. The van der Waals surface area contributed by atoms with Gasteiger partial charge in [0.2, 0.25) is 5.91 Å². The Labute approximate surface area is 121 Å². The molecule has 21 heavy (non-hydrogen) atoms. The fourth-order valence-electron chi connectivity index (χ4n) is 2.69. The molecule has 1 amide bonds. The van der Waals surface area contributed by atoms with Gasteiger partial charge in [-0.3, -0.25) is 19.7 Å². The molecular formula is C14H16N2O5. The van der Waals surface area contributed by atoms with Crippen molar-refractivity contribution in [1.29, 1.82) is 0 Å². The lowest BCUT2D eigenvalue weighted by Crippen LogP contribution is -2.17. The number of hydrogen-bond acceptors (Lipinski definition) is 4. The van der Waals surface area contributed by atoms with E-state index in [2.05, 4.69) is 5.32 Å². The summed E-state index contributed by atoms with van der Waals surface area (Å²) in [6.45, 7) is 5.04. The van der Waals surface area contributed by atoms with Crippen LogP contribution in [0.15, 0.2) is 18.2 Å². The van der Waals surface area contributed by atoms with Crippen molar-refractivity contribution in [2.45, 2.75) is 20.8 Å². The summed E-state index contributed by atoms with van der Waals surface area (Å²) in [4.78, 5) is 33.5. The summed E-state index contributed by atoms with van der Waals surface area (Å²) in [5.41, 5.74) is 0.0990. The van der Waals surface area contributed by atoms with Crippen LogP contribution in [0.1, 0.15) is 19.4 Å². The van der Waals surface area contributed by atoms with Gasteiger partial charge in [0.15, 0.2) is 0 Å². The van der Waals surface area contributed by atoms with E-state index < -0.39 is 34.1 Å². The van der Waals surface area contributed by atoms with Crippen LogP contribution in [-0.2, 0) is 9.59 Å². The molecule has 7 heteroatoms. The molecule has 0 heterocycles. The van der Waals surface area contributed by atoms with Crippen molar-refractivity contribution in [3.63, 3.8) is 0 Å². The molecule has 7 nitrogen and oxygen atoms in total. The van der Waals surface area contributed by atoms with Gasteiger partial charge in [-0.1, -0.05) is 19.9 Å². The molecule has 1 aromatic rings. The highest BCUT2D eigenvalue weighted by molar-refractivity contribution is 5.99. The van der Waals surface area contributed by atoms with Crippen molar-refractivity contribution in [1.82, 2.24) is 0 Å². The van der Waals surface area contributed by atoms with Gasteiger partial charge in [-0.25, -0.2) is 0 Å². The van der Waals surface area contributed by atoms with Gasteiger partial charge in [0.1, 0.15) is 0 Å². The van der Waals surface area contributed by atoms with E-state index in [1.165, 1.54) is 6.07 Å². The Morgan fingerprint density at radius 2 is 1.95 bits per heavy atom. The Hall–Kier alpha value is -2.44. The topological polar surface area (TPSA) is 110 Å². The van der Waals surface area contributed by atoms with Crippen LogP contribution in [-0.4, -0.2) is 21.9 Å². The smallest absolute Gasteiger partial charge is 0.307 e. The van der Waals surface area contributed by atoms with E-state index in [4.69, 9.17) is 5.11 Å². The molecule has 112 valence electrons. The molecule has 0 bridgehead atoms. The number of carbonyl (C=O) groups is 2. The standard InChI is InChI=1S/C14H16N2O5/c1-7-4-5-8(6-9(7)16(20)21)15-12(17)10-11(13(18)19)14(10,2)3/h4-6,10-11H,1-3H3,(H,15,17)(H,18,19)/t10-,11+/m0/s1. The van der Waals surface area contributed by atoms with E-state index in [0.29, 0.717) is 11.3 Å². The molecule has 2 rings (SSSR count). The van der Waals surface area contributed by atoms with E-state index in [1.807, 2.05) is 0 Å². The summed E-state index contributed by atoms with van der Waals surface area (Å²) in [7, 11) is 0. The maximum Gasteiger partial charge on any atom is 0.307 e. The Bertz CT molecular complexity index is 638. The van der Waals surface area contributed by atoms with Crippen LogP contribution in [0.4, 0.5) is 11.4 Å². The molecule has 0 aromatic heterocycles. The van der Waals surface area contributed by atoms with Crippen LogP contribution in [0, 0.1) is 34.3 Å². The number of carboxylic acid groups (broad SMARTS) is 1. The molecule has 2 atom stereocenters. The largest absolute Gasteiger partial charge is 0.481 e. The van der Waals surface area contributed by atoms with Gasteiger partial charge in [-0.15, -0.1) is 0 Å². The molecule has 0 saturated heterocycles. The molecule has 0 aliphatic heterocycles. The molecule has 1 saturated carbocycles. The molecule has 0 unspecified atom stereocenters. The maximum absolute atomic E-state index is 12.1. The van der Waals surface area contributed by atoms with E-state index in [9.17, 15) is 19.7 Å². The molecule has 0 radical (unpaired) electrons. The number of nitro groups is 1. The first-order chi connectivity index (χ1) is 9.66. The van der Waals surface area contributed by atoms with E-state index in [0.717, 1.165) is 0 Å². The monoisotopic (exact) mass is 292 g/mol. The van der Waals surface area contributed by atoms with Gasteiger partial charge < -0.3 is 10.4 Å². The zero-order chi connectivity index (χ0) is 15.9. The fourth-order valence-corrected chi connectivity index (χ4v) is 2.69. The maximum atomic E-state index is 12.1. The number of carbonyl (C=O) groups excluding carboxylic acids is 1. The number of aryl methyl sites for hydroxylation is 1. The van der Waals surface area contributed by atoms with Crippen LogP contribution in [0.3, 0.4) is 0 Å². The fraction of sp³-hybridized carbons (Fsp3) is 0.429. The third kappa shape index (κ3) is 2.58. The highest BCUT2D eigenvalue weighted by Crippen LogP contribution is 2.58. The normalized spacial score (nSPS) is 22.4. The minimum absolute atomic E-state index is 0.0855. The average Bonchev–Trinajstić information content (AvgIpc) is 2.94. The number of aliphatic carboxylic acids is 1. The van der Waals surface area contributed by atoms with Gasteiger partial charge >= 0.3 is 5.97 Å². The van der Waals surface area contributed by atoms with Crippen molar-refractivity contribution in [3.05, 3.63) is 33.9 Å². The number of carboxylic acids is 1. The van der Waals surface area contributed by atoms with Gasteiger partial charge in [-0.2, -0.15) is 0 Å². The molecule has 1 fully saturated rings. The van der Waals surface area contributed by atoms with Crippen molar-refractivity contribution < 1.29 is 19.6 Å². The summed E-state index contributed by atoms with van der Waals surface area (Å²) in [6.07, 6.45) is 0. The van der Waals surface area contributed by atoms with E-state index >= 15 is 0 Å². The predicted octanol–water partition coefficient (Wildman–Crippen LogP) is 2.20. The number of nitrogens with one attached hydrogen (secondary N) is 1. The summed E-state index contributed by atoms with van der Waals surface area (Å²) in [6, 6.07) is 4.38. The Morgan fingerprint density at radius 3 is 2.43 bits per heavy atom. The SMILES string of the molecule is Cc1ccc(NC(=O)[C@@H]2[C@H](C(=O)O)C2(C)C)cc1[N+](=O)[O-]. The first-order valence-corrected chi connectivity index (χ1v) is 6.45. The number of hydrogen-bond donors (Lipinski definition) is 2. The Morgan fingerprint density at radius 1 is 1.33 bits per heavy atom. The molecular weight excluding hydrogens is 276 g/mol. The third-order valence-corrected chi connectivity index (χ3v) is 4.05. The van der Waals surface area contributed by atoms with Crippen LogP contribution in [0.5, 0.6) is 0 Å². The molecule has 1 aliphatic rings. The van der Waals surface area contributed by atoms with Gasteiger partial charge in [0, 0.05) is 17.3 Å². The zero-order valence-electron chi connectivity index (χ0n) is 11.9. The minimum atomic E-state index is -1.00. The first-order valence-electron chi connectivity index (χ1n) is 6.45. The van der Waals surface area contributed by atoms with Crippen molar-refractivity contribution in [3.8, 4) is 0 Å². The average molecular weight is 292 g/mol. The second-order valence-electron chi connectivity index (χ2n) is 5.86. The summed E-state index contributed by atoms with van der Waals surface area (Å²) in [5, 5.41) is 22.5. The number of benzene rings is 1. The predicted molar refractivity (Wildman–Crippen MR) is 74.9 cm³/mol. The van der Waals surface area contributed by atoms with Crippen LogP contribution in [0.2, 0.25) is 0 Å². The lowest BCUT2D eigenvalue weighted by Gasteiger charge is -2.07. The lowest BCUT2D eigenvalue weighted by atomic mass is 10.1. The molecule has 1 aliphatic carbocycles. The van der Waals surface area contributed by atoms with Crippen molar-refractivity contribution in [2.24, 2.45) is 17.3 Å². The summed E-state index contributed by atoms with van der Waals surface area (Å²) >= 11 is 0.